The standard InChI is InChI=1S/C7H10BNO2/c1-5-4-6(9)2-3-7(5)8(10)11/h2-4,10-11H,9H2,1H3/i1D3. The number of nitrogen functional groups attached to an aromatic ring is 1. The zero-order chi connectivity index (χ0) is 10.9. The first-order chi connectivity index (χ1) is 6.32. The van der Waals surface area contributed by atoms with Gasteiger partial charge in [0, 0.05) is 9.80 Å². The molecule has 11 heavy (non-hydrogen) atoms. The minimum atomic E-state index is -2.39. The first-order valence-electron chi connectivity index (χ1n) is 4.58. The first-order valence-corrected chi connectivity index (χ1v) is 3.08. The third kappa shape index (κ3) is 1.72. The summed E-state index contributed by atoms with van der Waals surface area (Å²) in [5.74, 6) is 0. The van der Waals surface area contributed by atoms with Crippen molar-refractivity contribution in [3.63, 3.8) is 0 Å². The summed E-state index contributed by atoms with van der Waals surface area (Å²) in [5.41, 5.74) is 5.51. The fourth-order valence-corrected chi connectivity index (χ4v) is 0.799. The molecule has 0 atom stereocenters. The Labute approximate surface area is 69.8 Å². The van der Waals surface area contributed by atoms with Crippen LogP contribution in [0.15, 0.2) is 18.2 Å². The van der Waals surface area contributed by atoms with Crippen LogP contribution in [0.25, 0.3) is 0 Å². The number of nitrogens with two attached hydrogens (primary N) is 1. The van der Waals surface area contributed by atoms with Gasteiger partial charge in [-0.25, -0.2) is 0 Å². The van der Waals surface area contributed by atoms with Crippen LogP contribution in [0.3, 0.4) is 0 Å². The van der Waals surface area contributed by atoms with E-state index in [0.29, 0.717) is 0 Å². The molecule has 58 valence electrons. The summed E-state index contributed by atoms with van der Waals surface area (Å²) in [4.78, 5) is 0. The molecule has 0 saturated carbocycles. The van der Waals surface area contributed by atoms with Crippen LogP contribution in [0.2, 0.25) is 0 Å². The van der Waals surface area contributed by atoms with Crippen LogP contribution in [-0.4, -0.2) is 17.2 Å². The lowest BCUT2D eigenvalue weighted by atomic mass is 9.77. The number of benzene rings is 1. The highest BCUT2D eigenvalue weighted by atomic mass is 16.4. The van der Waals surface area contributed by atoms with E-state index in [9.17, 15) is 0 Å². The lowest BCUT2D eigenvalue weighted by molar-refractivity contribution is 0.425. The van der Waals surface area contributed by atoms with Crippen molar-refractivity contribution in [3.8, 4) is 0 Å². The van der Waals surface area contributed by atoms with Crippen LogP contribution >= 0.6 is 0 Å². The number of hydrogen-bond acceptors (Lipinski definition) is 3. The largest absolute Gasteiger partial charge is 0.488 e. The summed E-state index contributed by atoms with van der Waals surface area (Å²) in [5, 5.41) is 17.8. The van der Waals surface area contributed by atoms with Crippen molar-refractivity contribution < 1.29 is 14.2 Å². The number of aryl methyl sites for hydroxylation is 1. The predicted octanol–water partition coefficient (Wildman–Crippen LogP) is -0.743. The quantitative estimate of drug-likeness (QED) is 0.368. The van der Waals surface area contributed by atoms with Gasteiger partial charge in [0.25, 0.3) is 0 Å². The van der Waals surface area contributed by atoms with Crippen LogP contribution in [0, 0.1) is 6.85 Å². The molecule has 0 spiro atoms. The second-order valence-electron chi connectivity index (χ2n) is 2.22. The molecule has 0 unspecified atom stereocenters. The van der Waals surface area contributed by atoms with E-state index in [1.165, 1.54) is 18.2 Å². The smallest absolute Gasteiger partial charge is 0.423 e. The first kappa shape index (κ1) is 4.80. The normalized spacial score (nSPS) is 14.9. The molecule has 0 saturated heterocycles. The molecular formula is C7H10BNO2. The molecule has 0 aliphatic rings. The Morgan fingerprint density at radius 3 is 2.82 bits per heavy atom. The van der Waals surface area contributed by atoms with Crippen LogP contribution in [0.5, 0.6) is 0 Å². The molecule has 0 radical (unpaired) electrons. The van der Waals surface area contributed by atoms with Crippen LogP contribution in [0.1, 0.15) is 9.68 Å². The van der Waals surface area contributed by atoms with E-state index in [-0.39, 0.29) is 16.7 Å². The van der Waals surface area contributed by atoms with Crippen molar-refractivity contribution in [3.05, 3.63) is 23.8 Å². The highest BCUT2D eigenvalue weighted by molar-refractivity contribution is 6.59. The summed E-state index contributed by atoms with van der Waals surface area (Å²) in [6, 6.07) is 3.94. The molecule has 0 heterocycles. The molecule has 0 fully saturated rings. The minimum Gasteiger partial charge on any atom is -0.423 e. The highest BCUT2D eigenvalue weighted by Gasteiger charge is 2.12. The third-order valence-corrected chi connectivity index (χ3v) is 1.36. The predicted molar refractivity (Wildman–Crippen MR) is 45.4 cm³/mol. The molecule has 4 N–H and O–H groups in total. The zero-order valence-electron chi connectivity index (χ0n) is 8.78. The maximum absolute atomic E-state index is 8.92. The molecule has 0 bridgehead atoms. The number of anilines is 1. The number of rotatable bonds is 1. The number of hydrogen-bond donors (Lipinski definition) is 3. The van der Waals surface area contributed by atoms with Crippen LogP contribution in [0.4, 0.5) is 5.69 Å². The molecule has 1 rings (SSSR count). The summed E-state index contributed by atoms with van der Waals surface area (Å²) >= 11 is 0. The summed E-state index contributed by atoms with van der Waals surface area (Å²) in [6.07, 6.45) is 0. The van der Waals surface area contributed by atoms with Crippen molar-refractivity contribution in [2.45, 2.75) is 6.85 Å². The Morgan fingerprint density at radius 1 is 1.55 bits per heavy atom. The van der Waals surface area contributed by atoms with Gasteiger partial charge in [-0.2, -0.15) is 0 Å². The molecule has 4 heteroatoms. The fraction of sp³-hybridized carbons (Fsp3) is 0.143. The van der Waals surface area contributed by atoms with E-state index in [0.717, 1.165) is 0 Å². The van der Waals surface area contributed by atoms with Gasteiger partial charge in [0.1, 0.15) is 0 Å². The van der Waals surface area contributed by atoms with Gasteiger partial charge in [0.05, 0.1) is 0 Å². The van der Waals surface area contributed by atoms with Gasteiger partial charge in [-0.3, -0.25) is 0 Å². The van der Waals surface area contributed by atoms with Crippen molar-refractivity contribution >= 4 is 18.3 Å². The Balaban J connectivity index is 3.30. The maximum Gasteiger partial charge on any atom is 0.488 e. The molecule has 0 aromatic heterocycles. The average Bonchev–Trinajstić information content (AvgIpc) is 2.01. The molecule has 3 nitrogen and oxygen atoms in total. The highest BCUT2D eigenvalue weighted by Crippen LogP contribution is 2.02. The fourth-order valence-electron chi connectivity index (χ4n) is 0.799. The molecule has 0 aliphatic heterocycles. The molecule has 1 aromatic carbocycles. The zero-order valence-corrected chi connectivity index (χ0v) is 5.78. The summed E-state index contributed by atoms with van der Waals surface area (Å²) in [7, 11) is -1.80. The molecule has 1 aromatic rings. The van der Waals surface area contributed by atoms with E-state index in [4.69, 9.17) is 19.9 Å². The van der Waals surface area contributed by atoms with Gasteiger partial charge < -0.3 is 15.8 Å². The Morgan fingerprint density at radius 2 is 2.27 bits per heavy atom. The Bertz CT molecular complexity index is 340. The monoisotopic (exact) mass is 154 g/mol. The van der Waals surface area contributed by atoms with Crippen molar-refractivity contribution in [2.24, 2.45) is 0 Å². The van der Waals surface area contributed by atoms with Gasteiger partial charge in [0.2, 0.25) is 0 Å². The van der Waals surface area contributed by atoms with Crippen molar-refractivity contribution in [1.29, 1.82) is 0 Å². The van der Waals surface area contributed by atoms with Crippen molar-refractivity contribution in [1.82, 2.24) is 0 Å². The van der Waals surface area contributed by atoms with Gasteiger partial charge in [-0.1, -0.05) is 6.07 Å². The molecular weight excluding hydrogens is 141 g/mol. The maximum atomic E-state index is 8.92. The average molecular weight is 154 g/mol. The molecule has 0 amide bonds. The minimum absolute atomic E-state index is 0.0424. The molecule has 0 aliphatic carbocycles. The second kappa shape index (κ2) is 2.94. The third-order valence-electron chi connectivity index (χ3n) is 1.36. The van der Waals surface area contributed by atoms with Gasteiger partial charge >= 0.3 is 7.12 Å². The summed E-state index contributed by atoms with van der Waals surface area (Å²) in [6.45, 7) is -2.39. The van der Waals surface area contributed by atoms with Gasteiger partial charge in [-0.15, -0.1) is 0 Å². The van der Waals surface area contributed by atoms with E-state index in [1.807, 2.05) is 0 Å². The Hall–Kier alpha value is -0.995. The second-order valence-corrected chi connectivity index (χ2v) is 2.22. The topological polar surface area (TPSA) is 66.5 Å². The lowest BCUT2D eigenvalue weighted by Gasteiger charge is -2.03. The van der Waals surface area contributed by atoms with Gasteiger partial charge in [-0.05, 0) is 30.0 Å². The van der Waals surface area contributed by atoms with Crippen LogP contribution < -0.4 is 11.2 Å². The van der Waals surface area contributed by atoms with E-state index in [2.05, 4.69) is 0 Å². The van der Waals surface area contributed by atoms with Crippen LogP contribution in [-0.2, 0) is 0 Å². The van der Waals surface area contributed by atoms with E-state index >= 15 is 0 Å². The van der Waals surface area contributed by atoms with E-state index in [1.54, 1.807) is 0 Å². The lowest BCUT2D eigenvalue weighted by Crippen LogP contribution is -2.31. The van der Waals surface area contributed by atoms with E-state index < -0.39 is 14.0 Å². The van der Waals surface area contributed by atoms with Crippen molar-refractivity contribution in [2.75, 3.05) is 5.73 Å². The Kier molecular flexibility index (Phi) is 1.28. The summed E-state index contributed by atoms with van der Waals surface area (Å²) < 4.78 is 21.5. The van der Waals surface area contributed by atoms with Gasteiger partial charge in [0.15, 0.2) is 0 Å². The SMILES string of the molecule is [2H]C([2H])([2H])c1cc(N)ccc1B(O)O.